The Bertz CT molecular complexity index is 536. The van der Waals surface area contributed by atoms with Gasteiger partial charge in [0.15, 0.2) is 0 Å². The lowest BCUT2D eigenvalue weighted by atomic mass is 9.92. The van der Waals surface area contributed by atoms with Gasteiger partial charge in [0.1, 0.15) is 0 Å². The molecule has 1 N–H and O–H groups in total. The van der Waals surface area contributed by atoms with Crippen molar-refractivity contribution in [2.24, 2.45) is 5.92 Å². The Morgan fingerprint density at radius 1 is 0.905 bits per heavy atom. The van der Waals surface area contributed by atoms with Gasteiger partial charge in [-0.3, -0.25) is 0 Å². The van der Waals surface area contributed by atoms with E-state index in [1.54, 1.807) is 0 Å². The third-order valence-electron chi connectivity index (χ3n) is 3.64. The van der Waals surface area contributed by atoms with Crippen LogP contribution in [0.2, 0.25) is 0 Å². The average molecular weight is 346 g/mol. The maximum Gasteiger partial charge on any atom is 0.0207 e. The van der Waals surface area contributed by atoms with E-state index in [0.717, 1.165) is 19.5 Å². The Labute approximate surface area is 136 Å². The number of halogens is 1. The predicted octanol–water partition coefficient (Wildman–Crippen LogP) is 5.02. The van der Waals surface area contributed by atoms with Crippen molar-refractivity contribution in [1.82, 2.24) is 5.32 Å². The Morgan fingerprint density at radius 2 is 1.57 bits per heavy atom. The number of hydrogen-bond acceptors (Lipinski definition) is 1. The molecule has 2 rings (SSSR count). The van der Waals surface area contributed by atoms with Gasteiger partial charge in [-0.2, -0.15) is 0 Å². The second-order valence-corrected chi connectivity index (χ2v) is 6.81. The van der Waals surface area contributed by atoms with Gasteiger partial charge in [0.25, 0.3) is 0 Å². The van der Waals surface area contributed by atoms with Gasteiger partial charge < -0.3 is 5.32 Å². The first-order chi connectivity index (χ1) is 10.2. The number of hydrogen-bond donors (Lipinski definition) is 1. The molecule has 2 aromatic carbocycles. The first-order valence-corrected chi connectivity index (χ1v) is 8.45. The predicted molar refractivity (Wildman–Crippen MR) is 94.7 cm³/mol. The molecule has 0 spiro atoms. The van der Waals surface area contributed by atoms with Crippen molar-refractivity contribution in [2.75, 3.05) is 13.1 Å². The van der Waals surface area contributed by atoms with Gasteiger partial charge in [-0.15, -0.1) is 0 Å². The molecule has 2 heteroatoms. The lowest BCUT2D eigenvalue weighted by Gasteiger charge is -2.20. The van der Waals surface area contributed by atoms with Crippen molar-refractivity contribution in [3.8, 4) is 0 Å². The van der Waals surface area contributed by atoms with Crippen molar-refractivity contribution < 1.29 is 0 Å². The summed E-state index contributed by atoms with van der Waals surface area (Å²) in [6, 6.07) is 19.3. The highest BCUT2D eigenvalue weighted by atomic mass is 79.9. The van der Waals surface area contributed by atoms with Crippen LogP contribution < -0.4 is 5.32 Å². The third-order valence-corrected chi connectivity index (χ3v) is 4.41. The van der Waals surface area contributed by atoms with Gasteiger partial charge >= 0.3 is 0 Å². The normalized spacial score (nSPS) is 12.6. The summed E-state index contributed by atoms with van der Waals surface area (Å²) >= 11 is 3.67. The molecule has 1 unspecified atom stereocenters. The van der Waals surface area contributed by atoms with Gasteiger partial charge in [-0.1, -0.05) is 78.3 Å². The molecule has 0 heterocycles. The molecule has 2 aromatic rings. The molecule has 0 fully saturated rings. The molecule has 0 aliphatic carbocycles. The van der Waals surface area contributed by atoms with Crippen LogP contribution in [0.25, 0.3) is 0 Å². The van der Waals surface area contributed by atoms with Crippen LogP contribution in [0.1, 0.15) is 30.9 Å². The molecule has 0 amide bonds. The van der Waals surface area contributed by atoms with E-state index >= 15 is 0 Å². The lowest BCUT2D eigenvalue weighted by Crippen LogP contribution is -2.26. The molecule has 0 saturated carbocycles. The zero-order valence-corrected chi connectivity index (χ0v) is 14.4. The summed E-state index contributed by atoms with van der Waals surface area (Å²) in [6.07, 6.45) is 1.05. The highest BCUT2D eigenvalue weighted by molar-refractivity contribution is 9.10. The molecule has 0 aromatic heterocycles. The summed E-state index contributed by atoms with van der Waals surface area (Å²) in [6.45, 7) is 6.58. The van der Waals surface area contributed by atoms with E-state index in [4.69, 9.17) is 0 Å². The lowest BCUT2D eigenvalue weighted by molar-refractivity contribution is 0.514. The van der Waals surface area contributed by atoms with E-state index in [1.807, 2.05) is 0 Å². The summed E-state index contributed by atoms with van der Waals surface area (Å²) in [5.41, 5.74) is 2.78. The van der Waals surface area contributed by atoms with Crippen molar-refractivity contribution in [3.05, 3.63) is 70.2 Å². The van der Waals surface area contributed by atoms with E-state index in [2.05, 4.69) is 89.7 Å². The second kappa shape index (κ2) is 8.35. The summed E-state index contributed by atoms with van der Waals surface area (Å²) < 4.78 is 1.20. The van der Waals surface area contributed by atoms with Crippen LogP contribution in [0.4, 0.5) is 0 Å². The molecular weight excluding hydrogens is 322 g/mol. The van der Waals surface area contributed by atoms with Gasteiger partial charge in [0, 0.05) is 16.9 Å². The minimum Gasteiger partial charge on any atom is -0.316 e. The van der Waals surface area contributed by atoms with E-state index in [9.17, 15) is 0 Å². The van der Waals surface area contributed by atoms with E-state index in [1.165, 1.54) is 15.6 Å². The SMILES string of the molecule is CC(C)CNCC(Cc1ccccc1Br)c1ccccc1. The van der Waals surface area contributed by atoms with Crippen LogP contribution in [0.3, 0.4) is 0 Å². The molecule has 0 saturated heterocycles. The quantitative estimate of drug-likeness (QED) is 0.742. The van der Waals surface area contributed by atoms with Crippen molar-refractivity contribution in [1.29, 1.82) is 0 Å². The van der Waals surface area contributed by atoms with Gasteiger partial charge in [-0.25, -0.2) is 0 Å². The van der Waals surface area contributed by atoms with Gasteiger partial charge in [0.05, 0.1) is 0 Å². The Morgan fingerprint density at radius 3 is 2.24 bits per heavy atom. The standard InChI is InChI=1S/C19H24BrN/c1-15(2)13-21-14-18(16-8-4-3-5-9-16)12-17-10-6-7-11-19(17)20/h3-11,15,18,21H,12-14H2,1-2H3. The van der Waals surface area contributed by atoms with E-state index < -0.39 is 0 Å². The summed E-state index contributed by atoms with van der Waals surface area (Å²) in [5.74, 6) is 1.19. The van der Waals surface area contributed by atoms with Gasteiger partial charge in [0.2, 0.25) is 0 Å². The fourth-order valence-corrected chi connectivity index (χ4v) is 2.96. The van der Waals surface area contributed by atoms with Crippen LogP contribution >= 0.6 is 15.9 Å². The molecular formula is C19H24BrN. The first-order valence-electron chi connectivity index (χ1n) is 7.66. The maximum absolute atomic E-state index is 3.67. The molecule has 112 valence electrons. The Hall–Kier alpha value is -1.12. The van der Waals surface area contributed by atoms with Crippen molar-refractivity contribution >= 4 is 15.9 Å². The highest BCUT2D eigenvalue weighted by Gasteiger charge is 2.13. The summed E-state index contributed by atoms with van der Waals surface area (Å²) in [5, 5.41) is 3.61. The second-order valence-electron chi connectivity index (χ2n) is 5.96. The third kappa shape index (κ3) is 5.29. The molecule has 0 aliphatic rings. The zero-order chi connectivity index (χ0) is 15.1. The topological polar surface area (TPSA) is 12.0 Å². The number of benzene rings is 2. The van der Waals surface area contributed by atoms with E-state index in [0.29, 0.717) is 11.8 Å². The van der Waals surface area contributed by atoms with Crippen LogP contribution in [0, 0.1) is 5.92 Å². The summed E-state index contributed by atoms with van der Waals surface area (Å²) in [4.78, 5) is 0. The van der Waals surface area contributed by atoms with E-state index in [-0.39, 0.29) is 0 Å². The van der Waals surface area contributed by atoms with Gasteiger partial charge in [-0.05, 0) is 36.1 Å². The fourth-order valence-electron chi connectivity index (χ4n) is 2.51. The number of nitrogens with one attached hydrogen (secondary N) is 1. The molecule has 1 atom stereocenters. The zero-order valence-electron chi connectivity index (χ0n) is 12.9. The molecule has 0 bridgehead atoms. The van der Waals surface area contributed by atoms with Crippen LogP contribution in [0.5, 0.6) is 0 Å². The maximum atomic E-state index is 3.67. The minimum absolute atomic E-state index is 0.503. The van der Waals surface area contributed by atoms with Crippen molar-refractivity contribution in [2.45, 2.75) is 26.2 Å². The Balaban J connectivity index is 2.10. The summed E-state index contributed by atoms with van der Waals surface area (Å²) in [7, 11) is 0. The highest BCUT2D eigenvalue weighted by Crippen LogP contribution is 2.25. The van der Waals surface area contributed by atoms with Crippen LogP contribution in [0.15, 0.2) is 59.1 Å². The van der Waals surface area contributed by atoms with Crippen molar-refractivity contribution in [3.63, 3.8) is 0 Å². The largest absolute Gasteiger partial charge is 0.316 e. The molecule has 1 nitrogen and oxygen atoms in total. The Kier molecular flexibility index (Phi) is 6.47. The minimum atomic E-state index is 0.503. The van der Waals surface area contributed by atoms with Crippen LogP contribution in [-0.2, 0) is 6.42 Å². The fraction of sp³-hybridized carbons (Fsp3) is 0.368. The monoisotopic (exact) mass is 345 g/mol. The smallest absolute Gasteiger partial charge is 0.0207 e. The molecule has 0 radical (unpaired) electrons. The average Bonchev–Trinajstić information content (AvgIpc) is 2.49. The number of rotatable bonds is 7. The first kappa shape index (κ1) is 16.3. The van der Waals surface area contributed by atoms with Crippen LogP contribution in [-0.4, -0.2) is 13.1 Å². The molecule has 21 heavy (non-hydrogen) atoms. The molecule has 0 aliphatic heterocycles.